The minimum atomic E-state index is -0.726. The molecule has 0 saturated heterocycles. The quantitative estimate of drug-likeness (QED) is 0.495. The van der Waals surface area contributed by atoms with Crippen LogP contribution in [0.1, 0.15) is 16.1 Å². The van der Waals surface area contributed by atoms with Crippen LogP contribution in [-0.4, -0.2) is 27.5 Å². The number of nitro benzene ring substituents is 1. The van der Waals surface area contributed by atoms with Gasteiger partial charge in [0, 0.05) is 35.8 Å². The Kier molecular flexibility index (Phi) is 4.15. The summed E-state index contributed by atoms with van der Waals surface area (Å²) in [5, 5.41) is 24.0. The first-order valence-electron chi connectivity index (χ1n) is 7.37. The molecule has 122 valence electrons. The zero-order valence-corrected chi connectivity index (χ0v) is 12.7. The fourth-order valence-corrected chi connectivity index (χ4v) is 2.49. The molecule has 0 radical (unpaired) electrons. The number of phenolic OH excluding ortho intramolecular Hbond substituents is 1. The van der Waals surface area contributed by atoms with Crippen molar-refractivity contribution >= 4 is 22.5 Å². The lowest BCUT2D eigenvalue weighted by atomic mass is 10.1. The summed E-state index contributed by atoms with van der Waals surface area (Å²) in [6, 6.07) is 13.5. The van der Waals surface area contributed by atoms with Gasteiger partial charge >= 0.3 is 5.69 Å². The molecule has 3 N–H and O–H groups in total. The number of nitrogens with zero attached hydrogens (tertiary/aromatic N) is 1. The molecule has 0 fully saturated rings. The molecule has 0 aliphatic carbocycles. The number of hydrogen-bond donors (Lipinski definition) is 3. The number of nitro groups is 1. The Hall–Kier alpha value is -3.35. The predicted molar refractivity (Wildman–Crippen MR) is 89.1 cm³/mol. The summed E-state index contributed by atoms with van der Waals surface area (Å²) in [5.74, 6) is -0.885. The van der Waals surface area contributed by atoms with Gasteiger partial charge in [0.2, 0.25) is 0 Å². The standard InChI is InChI=1S/C17H15N3O4/c21-16-6-5-12(10-15(16)20(23)24)17(22)18-8-7-13-9-11-3-1-2-4-14(11)19-13/h1-6,9-10,19,21H,7-8H2,(H,18,22). The number of aromatic hydroxyl groups is 1. The van der Waals surface area contributed by atoms with Crippen molar-refractivity contribution in [3.8, 4) is 5.75 Å². The van der Waals surface area contributed by atoms with E-state index in [9.17, 15) is 20.0 Å². The number of benzene rings is 2. The highest BCUT2D eigenvalue weighted by Crippen LogP contribution is 2.26. The first kappa shape index (κ1) is 15.5. The third kappa shape index (κ3) is 3.19. The smallest absolute Gasteiger partial charge is 0.311 e. The van der Waals surface area contributed by atoms with Crippen LogP contribution in [0.3, 0.4) is 0 Å². The molecule has 7 nitrogen and oxygen atoms in total. The van der Waals surface area contributed by atoms with Crippen molar-refractivity contribution in [1.29, 1.82) is 0 Å². The van der Waals surface area contributed by atoms with Gasteiger partial charge in [0.05, 0.1) is 4.92 Å². The molecule has 0 atom stereocenters. The summed E-state index contributed by atoms with van der Waals surface area (Å²) < 4.78 is 0. The van der Waals surface area contributed by atoms with Crippen LogP contribution in [0.25, 0.3) is 10.9 Å². The van der Waals surface area contributed by atoms with Crippen LogP contribution in [0.4, 0.5) is 5.69 Å². The number of hydrogen-bond acceptors (Lipinski definition) is 4. The molecule has 2 aromatic carbocycles. The van der Waals surface area contributed by atoms with Crippen molar-refractivity contribution < 1.29 is 14.8 Å². The second-order valence-electron chi connectivity index (χ2n) is 5.35. The van der Waals surface area contributed by atoms with Gasteiger partial charge in [0.15, 0.2) is 5.75 Å². The third-order valence-corrected chi connectivity index (χ3v) is 3.70. The number of phenols is 1. The number of carbonyl (C=O) groups excluding carboxylic acids is 1. The van der Waals surface area contributed by atoms with Gasteiger partial charge in [0.1, 0.15) is 0 Å². The summed E-state index contributed by atoms with van der Waals surface area (Å²) in [6.45, 7) is 0.389. The Labute approximate surface area is 137 Å². The maximum absolute atomic E-state index is 12.1. The highest BCUT2D eigenvalue weighted by Gasteiger charge is 2.16. The number of carbonyl (C=O) groups is 1. The van der Waals surface area contributed by atoms with E-state index in [0.29, 0.717) is 13.0 Å². The summed E-state index contributed by atoms with van der Waals surface area (Å²) >= 11 is 0. The summed E-state index contributed by atoms with van der Waals surface area (Å²) in [4.78, 5) is 25.4. The Morgan fingerprint density at radius 2 is 2.00 bits per heavy atom. The van der Waals surface area contributed by atoms with E-state index in [2.05, 4.69) is 10.3 Å². The minimum absolute atomic E-state index is 0.135. The molecule has 1 aromatic heterocycles. The fourth-order valence-electron chi connectivity index (χ4n) is 2.49. The molecule has 3 rings (SSSR count). The van der Waals surface area contributed by atoms with Gasteiger partial charge in [-0.05, 0) is 29.7 Å². The largest absolute Gasteiger partial charge is 0.502 e. The monoisotopic (exact) mass is 325 g/mol. The third-order valence-electron chi connectivity index (χ3n) is 3.70. The molecule has 0 spiro atoms. The first-order valence-corrected chi connectivity index (χ1v) is 7.37. The molecule has 0 unspecified atom stereocenters. The van der Waals surface area contributed by atoms with Crippen molar-refractivity contribution in [1.82, 2.24) is 10.3 Å². The molecular weight excluding hydrogens is 310 g/mol. The van der Waals surface area contributed by atoms with Crippen molar-refractivity contribution in [3.63, 3.8) is 0 Å². The first-order chi connectivity index (χ1) is 11.5. The number of amides is 1. The van der Waals surface area contributed by atoms with Gasteiger partial charge in [-0.3, -0.25) is 14.9 Å². The van der Waals surface area contributed by atoms with Crippen LogP contribution in [0.2, 0.25) is 0 Å². The number of nitrogens with one attached hydrogen (secondary N) is 2. The van der Waals surface area contributed by atoms with Crippen molar-refractivity contribution in [2.75, 3.05) is 6.54 Å². The van der Waals surface area contributed by atoms with E-state index in [-0.39, 0.29) is 5.56 Å². The minimum Gasteiger partial charge on any atom is -0.502 e. The van der Waals surface area contributed by atoms with E-state index >= 15 is 0 Å². The number of aromatic nitrogens is 1. The van der Waals surface area contributed by atoms with Gasteiger partial charge < -0.3 is 15.4 Å². The SMILES string of the molecule is O=C(NCCc1cc2ccccc2[nH]1)c1ccc(O)c([N+](=O)[O-])c1. The van der Waals surface area contributed by atoms with E-state index in [0.717, 1.165) is 28.7 Å². The molecule has 7 heteroatoms. The van der Waals surface area contributed by atoms with E-state index in [4.69, 9.17) is 0 Å². The second kappa shape index (κ2) is 6.41. The molecule has 0 aliphatic heterocycles. The molecule has 0 aliphatic rings. The fraction of sp³-hybridized carbons (Fsp3) is 0.118. The Morgan fingerprint density at radius 1 is 1.21 bits per heavy atom. The van der Waals surface area contributed by atoms with Crippen LogP contribution in [0.15, 0.2) is 48.5 Å². The highest BCUT2D eigenvalue weighted by molar-refractivity contribution is 5.95. The van der Waals surface area contributed by atoms with Crippen LogP contribution in [-0.2, 0) is 6.42 Å². The average molecular weight is 325 g/mol. The zero-order valence-electron chi connectivity index (χ0n) is 12.7. The summed E-state index contributed by atoms with van der Waals surface area (Å²) in [7, 11) is 0. The molecule has 0 saturated carbocycles. The van der Waals surface area contributed by atoms with Crippen LogP contribution < -0.4 is 5.32 Å². The van der Waals surface area contributed by atoms with Crippen molar-refractivity contribution in [3.05, 3.63) is 69.9 Å². The number of fused-ring (bicyclic) bond motifs is 1. The topological polar surface area (TPSA) is 108 Å². The molecule has 1 heterocycles. The Balaban J connectivity index is 1.63. The number of para-hydroxylation sites is 1. The van der Waals surface area contributed by atoms with Crippen molar-refractivity contribution in [2.45, 2.75) is 6.42 Å². The summed E-state index contributed by atoms with van der Waals surface area (Å²) in [5.41, 5.74) is 1.68. The average Bonchev–Trinajstić information content (AvgIpc) is 2.97. The molecule has 1 amide bonds. The lowest BCUT2D eigenvalue weighted by Crippen LogP contribution is -2.25. The van der Waals surface area contributed by atoms with Crippen molar-refractivity contribution in [2.24, 2.45) is 0 Å². The van der Waals surface area contributed by atoms with Crippen LogP contribution in [0.5, 0.6) is 5.75 Å². The Bertz CT molecular complexity index is 884. The van der Waals surface area contributed by atoms with Gasteiger partial charge in [-0.1, -0.05) is 18.2 Å². The highest BCUT2D eigenvalue weighted by atomic mass is 16.6. The maximum atomic E-state index is 12.1. The van der Waals surface area contributed by atoms with Gasteiger partial charge in [0.25, 0.3) is 5.91 Å². The molecule has 24 heavy (non-hydrogen) atoms. The number of H-pyrrole nitrogens is 1. The van der Waals surface area contributed by atoms with E-state index in [1.165, 1.54) is 6.07 Å². The zero-order chi connectivity index (χ0) is 17.1. The van der Waals surface area contributed by atoms with Gasteiger partial charge in [-0.15, -0.1) is 0 Å². The summed E-state index contributed by atoms with van der Waals surface area (Å²) in [6.07, 6.45) is 0.612. The number of rotatable bonds is 5. The molecule has 0 bridgehead atoms. The number of aromatic amines is 1. The van der Waals surface area contributed by atoms with Gasteiger partial charge in [-0.2, -0.15) is 0 Å². The normalized spacial score (nSPS) is 10.7. The lowest BCUT2D eigenvalue weighted by Gasteiger charge is -2.05. The second-order valence-corrected chi connectivity index (χ2v) is 5.35. The predicted octanol–water partition coefficient (Wildman–Crippen LogP) is 2.75. The van der Waals surface area contributed by atoms with Gasteiger partial charge in [-0.25, -0.2) is 0 Å². The maximum Gasteiger partial charge on any atom is 0.311 e. The van der Waals surface area contributed by atoms with E-state index in [1.807, 2.05) is 30.3 Å². The van der Waals surface area contributed by atoms with E-state index < -0.39 is 22.3 Å². The van der Waals surface area contributed by atoms with Crippen LogP contribution >= 0.6 is 0 Å². The lowest BCUT2D eigenvalue weighted by molar-refractivity contribution is -0.385. The Morgan fingerprint density at radius 3 is 2.75 bits per heavy atom. The van der Waals surface area contributed by atoms with E-state index in [1.54, 1.807) is 0 Å². The van der Waals surface area contributed by atoms with Crippen LogP contribution in [0, 0.1) is 10.1 Å². The molecular formula is C17H15N3O4. The molecule has 3 aromatic rings.